The molecule has 4 rings (SSSR count). The number of hydrogen-bond acceptors (Lipinski definition) is 4. The molecule has 0 unspecified atom stereocenters. The summed E-state index contributed by atoms with van der Waals surface area (Å²) in [5, 5.41) is 4.26. The molecule has 106 valence electrons. The van der Waals surface area contributed by atoms with Gasteiger partial charge in [-0.3, -0.25) is 19.2 Å². The van der Waals surface area contributed by atoms with Crippen LogP contribution in [0.4, 0.5) is 0 Å². The van der Waals surface area contributed by atoms with Gasteiger partial charge in [0.2, 0.25) is 0 Å². The Morgan fingerprint density at radius 2 is 2.14 bits per heavy atom. The highest BCUT2D eigenvalue weighted by molar-refractivity contribution is 5.76. The van der Waals surface area contributed by atoms with Crippen molar-refractivity contribution in [1.82, 2.24) is 24.4 Å². The first-order valence-electron chi connectivity index (χ1n) is 6.86. The number of fused-ring (bicyclic) bond motifs is 2. The zero-order valence-electron chi connectivity index (χ0n) is 11.9. The largest absolute Gasteiger partial charge is 0.296 e. The number of nitrogens with one attached hydrogen (secondary N) is 1. The fraction of sp³-hybridized carbons (Fsp3) is 0.267. The van der Waals surface area contributed by atoms with Crippen LogP contribution < -0.4 is 10.9 Å². The molecule has 6 heteroatoms. The lowest BCUT2D eigenvalue weighted by molar-refractivity contribution is 0.313. The molecule has 3 aromatic heterocycles. The average Bonchev–Trinajstić information content (AvgIpc) is 3.01. The summed E-state index contributed by atoms with van der Waals surface area (Å²) in [5.41, 5.74) is 1.95. The van der Waals surface area contributed by atoms with Gasteiger partial charge in [-0.25, -0.2) is 9.97 Å². The van der Waals surface area contributed by atoms with Crippen LogP contribution in [0.3, 0.4) is 0 Å². The van der Waals surface area contributed by atoms with Crippen molar-refractivity contribution in [2.24, 2.45) is 0 Å². The lowest BCUT2D eigenvalue weighted by Gasteiger charge is -2.22. The van der Waals surface area contributed by atoms with Crippen molar-refractivity contribution in [2.45, 2.75) is 26.1 Å². The van der Waals surface area contributed by atoms with Crippen LogP contribution >= 0.6 is 0 Å². The van der Waals surface area contributed by atoms with Gasteiger partial charge in [0.15, 0.2) is 0 Å². The quantitative estimate of drug-likeness (QED) is 0.732. The highest BCUT2D eigenvalue weighted by atomic mass is 16.1. The van der Waals surface area contributed by atoms with Crippen molar-refractivity contribution in [3.05, 3.63) is 53.0 Å². The Morgan fingerprint density at radius 3 is 3.00 bits per heavy atom. The summed E-state index contributed by atoms with van der Waals surface area (Å²) in [7, 11) is 0. The van der Waals surface area contributed by atoms with Crippen LogP contribution in [0.2, 0.25) is 0 Å². The first-order chi connectivity index (χ1) is 10.1. The van der Waals surface area contributed by atoms with E-state index in [4.69, 9.17) is 0 Å². The number of aromatic nitrogens is 4. The van der Waals surface area contributed by atoms with Crippen molar-refractivity contribution >= 4 is 11.0 Å². The summed E-state index contributed by atoms with van der Waals surface area (Å²) < 4.78 is 3.64. The Labute approximate surface area is 121 Å². The van der Waals surface area contributed by atoms with Crippen LogP contribution in [0, 0.1) is 0 Å². The normalized spacial score (nSPS) is 16.3. The molecular weight excluding hydrogens is 266 g/mol. The fourth-order valence-electron chi connectivity index (χ4n) is 2.96. The van der Waals surface area contributed by atoms with Crippen molar-refractivity contribution < 1.29 is 0 Å². The van der Waals surface area contributed by atoms with Crippen LogP contribution in [0.1, 0.15) is 19.5 Å². The van der Waals surface area contributed by atoms with Gasteiger partial charge in [0.05, 0.1) is 5.66 Å². The monoisotopic (exact) mass is 281 g/mol. The molecule has 4 heterocycles. The standard InChI is InChI=1S/C15H15N5O/c1-15(2)18-8-11-3-4-12(14(21)20(11)15)19-6-5-10-7-16-9-17-13(10)19/h3-7,9,18H,8H2,1-2H3. The molecule has 0 fully saturated rings. The van der Waals surface area contributed by atoms with Crippen LogP contribution in [-0.2, 0) is 12.2 Å². The van der Waals surface area contributed by atoms with E-state index in [1.165, 1.54) is 6.33 Å². The van der Waals surface area contributed by atoms with Gasteiger partial charge in [-0.1, -0.05) is 0 Å². The summed E-state index contributed by atoms with van der Waals surface area (Å²) >= 11 is 0. The van der Waals surface area contributed by atoms with Crippen molar-refractivity contribution in [3.8, 4) is 5.69 Å². The smallest absolute Gasteiger partial charge is 0.276 e. The summed E-state index contributed by atoms with van der Waals surface area (Å²) in [6.07, 6.45) is 5.10. The average molecular weight is 281 g/mol. The molecule has 0 saturated carbocycles. The number of pyridine rings is 1. The topological polar surface area (TPSA) is 64.7 Å². The summed E-state index contributed by atoms with van der Waals surface area (Å²) in [6.45, 7) is 4.71. The Balaban J connectivity index is 2.01. The fourth-order valence-corrected chi connectivity index (χ4v) is 2.96. The lowest BCUT2D eigenvalue weighted by Crippen LogP contribution is -2.41. The molecule has 0 amide bonds. The zero-order valence-corrected chi connectivity index (χ0v) is 11.9. The Hall–Kier alpha value is -2.47. The maximum absolute atomic E-state index is 12.9. The van der Waals surface area contributed by atoms with E-state index in [1.54, 1.807) is 6.20 Å². The van der Waals surface area contributed by atoms with Gasteiger partial charge in [-0.2, -0.15) is 0 Å². The molecule has 0 spiro atoms. The van der Waals surface area contributed by atoms with Crippen LogP contribution in [0.5, 0.6) is 0 Å². The molecular formula is C15H15N5O. The molecule has 0 radical (unpaired) electrons. The molecule has 1 N–H and O–H groups in total. The minimum atomic E-state index is -0.375. The maximum atomic E-state index is 12.9. The van der Waals surface area contributed by atoms with Gasteiger partial charge in [-0.05, 0) is 32.0 Å². The van der Waals surface area contributed by atoms with Crippen molar-refractivity contribution in [1.29, 1.82) is 0 Å². The predicted octanol–water partition coefficient (Wildman–Crippen LogP) is 1.38. The van der Waals surface area contributed by atoms with E-state index < -0.39 is 0 Å². The molecule has 3 aromatic rings. The first kappa shape index (κ1) is 12.3. The lowest BCUT2D eigenvalue weighted by atomic mass is 10.2. The molecule has 1 aliphatic rings. The Kier molecular flexibility index (Phi) is 2.35. The number of hydrogen-bond donors (Lipinski definition) is 1. The van der Waals surface area contributed by atoms with Crippen molar-refractivity contribution in [2.75, 3.05) is 0 Å². The van der Waals surface area contributed by atoms with Crippen molar-refractivity contribution in [3.63, 3.8) is 0 Å². The Bertz CT molecular complexity index is 906. The molecule has 1 aliphatic heterocycles. The number of rotatable bonds is 1. The first-order valence-corrected chi connectivity index (χ1v) is 6.86. The molecule has 0 atom stereocenters. The van der Waals surface area contributed by atoms with Gasteiger partial charge < -0.3 is 0 Å². The second-order valence-corrected chi connectivity index (χ2v) is 5.75. The summed E-state index contributed by atoms with van der Waals surface area (Å²) in [5.74, 6) is 0. The Morgan fingerprint density at radius 1 is 1.29 bits per heavy atom. The molecule has 0 saturated heterocycles. The van der Waals surface area contributed by atoms with E-state index in [0.29, 0.717) is 12.2 Å². The maximum Gasteiger partial charge on any atom is 0.276 e. The summed E-state index contributed by atoms with van der Waals surface area (Å²) in [6, 6.07) is 5.76. The number of nitrogens with zero attached hydrogens (tertiary/aromatic N) is 4. The SMILES string of the molecule is CC1(C)NCc2ccc(-n3ccc4cncnc43)c(=O)n21. The predicted molar refractivity (Wildman–Crippen MR) is 79.3 cm³/mol. The van der Waals surface area contributed by atoms with E-state index in [9.17, 15) is 4.79 Å². The third kappa shape index (κ3) is 1.66. The second-order valence-electron chi connectivity index (χ2n) is 5.75. The summed E-state index contributed by atoms with van der Waals surface area (Å²) in [4.78, 5) is 21.2. The van der Waals surface area contributed by atoms with Gasteiger partial charge in [-0.15, -0.1) is 0 Å². The highest BCUT2D eigenvalue weighted by Crippen LogP contribution is 2.22. The van der Waals surface area contributed by atoms with E-state index in [0.717, 1.165) is 16.7 Å². The molecule has 6 nitrogen and oxygen atoms in total. The minimum Gasteiger partial charge on any atom is -0.296 e. The molecule has 21 heavy (non-hydrogen) atoms. The van der Waals surface area contributed by atoms with Crippen LogP contribution in [0.15, 0.2) is 41.7 Å². The molecule has 0 aromatic carbocycles. The minimum absolute atomic E-state index is 0.0152. The van der Waals surface area contributed by atoms with E-state index >= 15 is 0 Å². The third-order valence-corrected chi connectivity index (χ3v) is 4.01. The van der Waals surface area contributed by atoms with E-state index in [2.05, 4.69) is 15.3 Å². The zero-order chi connectivity index (χ0) is 14.6. The van der Waals surface area contributed by atoms with Gasteiger partial charge in [0, 0.05) is 30.0 Å². The highest BCUT2D eigenvalue weighted by Gasteiger charge is 2.30. The molecule has 0 aliphatic carbocycles. The second kappa shape index (κ2) is 4.02. The van der Waals surface area contributed by atoms with Crippen LogP contribution in [0.25, 0.3) is 16.7 Å². The molecule has 0 bridgehead atoms. The van der Waals surface area contributed by atoms with E-state index in [-0.39, 0.29) is 11.2 Å². The van der Waals surface area contributed by atoms with Crippen LogP contribution in [-0.4, -0.2) is 19.1 Å². The van der Waals surface area contributed by atoms with Gasteiger partial charge in [0.1, 0.15) is 17.7 Å². The third-order valence-electron chi connectivity index (χ3n) is 4.01. The van der Waals surface area contributed by atoms with E-state index in [1.807, 2.05) is 47.4 Å². The van der Waals surface area contributed by atoms with Gasteiger partial charge >= 0.3 is 0 Å². The van der Waals surface area contributed by atoms with Gasteiger partial charge in [0.25, 0.3) is 5.56 Å².